The molecule has 1 saturated heterocycles. The smallest absolute Gasteiger partial charge is 0.322 e. The lowest BCUT2D eigenvalue weighted by atomic mass is 9.94. The monoisotopic (exact) mass is 486 g/mol. The first-order chi connectivity index (χ1) is 15.8. The minimum atomic E-state index is -3.60. The second-order valence-electron chi connectivity index (χ2n) is 8.39. The lowest BCUT2D eigenvalue weighted by Gasteiger charge is -2.34. The molecule has 1 aliphatic heterocycles. The summed E-state index contributed by atoms with van der Waals surface area (Å²) in [7, 11) is -3.60. The minimum absolute atomic E-state index is 0.0306. The Balaban J connectivity index is 1.44. The third-order valence-electron chi connectivity index (χ3n) is 5.57. The van der Waals surface area contributed by atoms with Crippen LogP contribution in [-0.4, -0.2) is 48.2 Å². The molecule has 0 spiro atoms. The number of hydrogen-bond acceptors (Lipinski definition) is 7. The predicted molar refractivity (Wildman–Crippen MR) is 128 cm³/mol. The Morgan fingerprint density at radius 1 is 1.03 bits per heavy atom. The number of amides is 1. The number of nitrogens with one attached hydrogen (secondary N) is 1. The van der Waals surface area contributed by atoms with Gasteiger partial charge in [-0.05, 0) is 73.0 Å². The topological polar surface area (TPSA) is 105 Å². The Morgan fingerprint density at radius 2 is 1.67 bits per heavy atom. The molecule has 8 nitrogen and oxygen atoms in total. The van der Waals surface area contributed by atoms with Crippen LogP contribution in [0.4, 0.5) is 6.01 Å². The van der Waals surface area contributed by atoms with Crippen LogP contribution in [0.25, 0.3) is 11.5 Å². The highest BCUT2D eigenvalue weighted by molar-refractivity contribution is 7.98. The maximum absolute atomic E-state index is 13.0. The third-order valence-corrected chi connectivity index (χ3v) is 8.16. The summed E-state index contributed by atoms with van der Waals surface area (Å²) in [5.41, 5.74) is 1.04. The second-order valence-corrected chi connectivity index (χ2v) is 11.2. The van der Waals surface area contributed by atoms with E-state index >= 15 is 0 Å². The molecule has 1 aliphatic rings. The van der Waals surface area contributed by atoms with Gasteiger partial charge in [-0.25, -0.2) is 8.42 Å². The van der Waals surface area contributed by atoms with Gasteiger partial charge in [0, 0.05) is 29.1 Å². The quantitative estimate of drug-likeness (QED) is 0.516. The molecule has 1 aromatic heterocycles. The van der Waals surface area contributed by atoms with Crippen molar-refractivity contribution in [3.8, 4) is 11.5 Å². The van der Waals surface area contributed by atoms with E-state index in [2.05, 4.69) is 29.4 Å². The van der Waals surface area contributed by atoms with E-state index in [1.54, 1.807) is 11.8 Å². The number of benzene rings is 2. The van der Waals surface area contributed by atoms with Crippen molar-refractivity contribution in [1.29, 1.82) is 0 Å². The Bertz CT molecular complexity index is 1210. The summed E-state index contributed by atoms with van der Waals surface area (Å²) in [6.45, 7) is 5.14. The van der Waals surface area contributed by atoms with E-state index < -0.39 is 15.9 Å². The molecule has 0 aliphatic carbocycles. The van der Waals surface area contributed by atoms with Crippen molar-refractivity contribution in [1.82, 2.24) is 14.5 Å². The van der Waals surface area contributed by atoms with Gasteiger partial charge >= 0.3 is 6.01 Å². The van der Waals surface area contributed by atoms with Gasteiger partial charge in [0.15, 0.2) is 0 Å². The zero-order valence-electron chi connectivity index (χ0n) is 18.7. The maximum Gasteiger partial charge on any atom is 0.322 e. The fourth-order valence-corrected chi connectivity index (χ4v) is 6.11. The van der Waals surface area contributed by atoms with Gasteiger partial charge in [0.05, 0.1) is 4.90 Å². The molecule has 33 heavy (non-hydrogen) atoms. The van der Waals surface area contributed by atoms with Crippen molar-refractivity contribution >= 4 is 33.7 Å². The molecule has 174 valence electrons. The lowest BCUT2D eigenvalue weighted by Crippen LogP contribution is -2.42. The molecule has 0 bridgehead atoms. The fourth-order valence-electron chi connectivity index (χ4n) is 4.02. The summed E-state index contributed by atoms with van der Waals surface area (Å²) < 4.78 is 33.1. The summed E-state index contributed by atoms with van der Waals surface area (Å²) in [6.07, 6.45) is 3.01. The van der Waals surface area contributed by atoms with Gasteiger partial charge in [-0.2, -0.15) is 4.31 Å². The largest absolute Gasteiger partial charge is 0.403 e. The van der Waals surface area contributed by atoms with Crippen molar-refractivity contribution in [2.24, 2.45) is 11.8 Å². The highest BCUT2D eigenvalue weighted by atomic mass is 32.2. The molecule has 1 amide bonds. The van der Waals surface area contributed by atoms with Crippen molar-refractivity contribution in [3.63, 3.8) is 0 Å². The van der Waals surface area contributed by atoms with Gasteiger partial charge in [-0.3, -0.25) is 10.1 Å². The van der Waals surface area contributed by atoms with E-state index in [4.69, 9.17) is 4.42 Å². The molecule has 0 radical (unpaired) electrons. The van der Waals surface area contributed by atoms with Gasteiger partial charge in [-0.1, -0.05) is 18.9 Å². The first-order valence-electron chi connectivity index (χ1n) is 10.7. The van der Waals surface area contributed by atoms with E-state index in [9.17, 15) is 13.2 Å². The van der Waals surface area contributed by atoms with Gasteiger partial charge in [-0.15, -0.1) is 16.9 Å². The molecule has 2 atom stereocenters. The third kappa shape index (κ3) is 5.29. The summed E-state index contributed by atoms with van der Waals surface area (Å²) in [4.78, 5) is 13.9. The number of nitrogens with zero attached hydrogens (tertiary/aromatic N) is 3. The average Bonchev–Trinajstić information content (AvgIpc) is 3.27. The molecule has 2 aromatic carbocycles. The molecular formula is C23H26N4O4S2. The minimum Gasteiger partial charge on any atom is -0.403 e. The van der Waals surface area contributed by atoms with Crippen molar-refractivity contribution in [2.75, 3.05) is 24.7 Å². The van der Waals surface area contributed by atoms with Gasteiger partial charge in [0.2, 0.25) is 15.9 Å². The maximum atomic E-state index is 13.0. The van der Waals surface area contributed by atoms with Crippen molar-refractivity contribution < 1.29 is 17.6 Å². The summed E-state index contributed by atoms with van der Waals surface area (Å²) >= 11 is 1.63. The first-order valence-corrected chi connectivity index (χ1v) is 13.3. The number of piperidine rings is 1. The molecule has 2 heterocycles. The van der Waals surface area contributed by atoms with Crippen LogP contribution in [0.3, 0.4) is 0 Å². The van der Waals surface area contributed by atoms with Crippen LogP contribution >= 0.6 is 11.8 Å². The Morgan fingerprint density at radius 3 is 2.27 bits per heavy atom. The molecule has 1 N–H and O–H groups in total. The molecule has 0 saturated carbocycles. The van der Waals surface area contributed by atoms with Crippen LogP contribution < -0.4 is 5.32 Å². The van der Waals surface area contributed by atoms with Crippen molar-refractivity contribution in [3.05, 3.63) is 54.1 Å². The molecule has 0 unspecified atom stereocenters. The van der Waals surface area contributed by atoms with E-state index in [-0.39, 0.29) is 10.9 Å². The zero-order chi connectivity index (χ0) is 23.6. The number of anilines is 1. The molecule has 3 aromatic rings. The van der Waals surface area contributed by atoms with E-state index in [0.717, 1.165) is 16.9 Å². The summed E-state index contributed by atoms with van der Waals surface area (Å²) in [5.74, 6) is 0.462. The molecule has 1 fully saturated rings. The SMILES string of the molecule is CSc1ccc(-c2nnc(NC(=O)c3ccc(S(=O)(=O)N4C[C@@H](C)C[C@H](C)C4)cc3)o2)cc1. The Kier molecular flexibility index (Phi) is 6.87. The van der Waals surface area contributed by atoms with Gasteiger partial charge in [0.1, 0.15) is 0 Å². The van der Waals surface area contributed by atoms with E-state index in [1.807, 2.05) is 30.5 Å². The van der Waals surface area contributed by atoms with Crippen LogP contribution in [0.15, 0.2) is 62.7 Å². The van der Waals surface area contributed by atoms with Crippen molar-refractivity contribution in [2.45, 2.75) is 30.1 Å². The molecule has 10 heteroatoms. The fraction of sp³-hybridized carbons (Fsp3) is 0.348. The number of aromatic nitrogens is 2. The Labute approximate surface area is 197 Å². The number of rotatable bonds is 6. The number of carbonyl (C=O) groups excluding carboxylic acids is 1. The van der Waals surface area contributed by atoms with Crippen LogP contribution in [0, 0.1) is 11.8 Å². The summed E-state index contributed by atoms with van der Waals surface area (Å²) in [5, 5.41) is 10.4. The average molecular weight is 487 g/mol. The van der Waals surface area contributed by atoms with Crippen LogP contribution in [0.5, 0.6) is 0 Å². The number of thioether (sulfide) groups is 1. The number of hydrogen-bond donors (Lipinski definition) is 1. The number of sulfonamides is 1. The van der Waals surface area contributed by atoms with Gasteiger partial charge in [0.25, 0.3) is 5.91 Å². The second kappa shape index (κ2) is 9.66. The standard InChI is InChI=1S/C23H26N4O4S2/c1-15-12-16(2)14-27(13-15)33(29,30)20-10-6-17(7-11-20)21(28)24-23-26-25-22(31-23)18-4-8-19(32-3)9-5-18/h4-11,15-16H,12-14H2,1-3H3,(H,24,26,28)/t15-,16-/m0/s1. The predicted octanol–water partition coefficient (Wildman–Crippen LogP) is 4.38. The normalized spacial score (nSPS) is 19.4. The lowest BCUT2D eigenvalue weighted by molar-refractivity contribution is 0.102. The Hall–Kier alpha value is -2.69. The zero-order valence-corrected chi connectivity index (χ0v) is 20.3. The molecule has 4 rings (SSSR count). The van der Waals surface area contributed by atoms with Crippen LogP contribution in [0.2, 0.25) is 0 Å². The van der Waals surface area contributed by atoms with Crippen LogP contribution in [0.1, 0.15) is 30.6 Å². The number of carbonyl (C=O) groups is 1. The van der Waals surface area contributed by atoms with Gasteiger partial charge < -0.3 is 4.42 Å². The molecular weight excluding hydrogens is 460 g/mol. The van der Waals surface area contributed by atoms with E-state index in [1.165, 1.54) is 28.6 Å². The van der Waals surface area contributed by atoms with Crippen LogP contribution in [-0.2, 0) is 10.0 Å². The van der Waals surface area contributed by atoms with E-state index in [0.29, 0.717) is 36.4 Å². The highest BCUT2D eigenvalue weighted by Crippen LogP contribution is 2.27. The summed E-state index contributed by atoms with van der Waals surface area (Å²) in [6, 6.07) is 13.5. The highest BCUT2D eigenvalue weighted by Gasteiger charge is 2.31. The first kappa shape index (κ1) is 23.5.